The number of esters is 1. The summed E-state index contributed by atoms with van der Waals surface area (Å²) in [7, 11) is 0. The van der Waals surface area contributed by atoms with E-state index in [2.05, 4.69) is 5.10 Å². The lowest BCUT2D eigenvalue weighted by atomic mass is 10.2. The molecule has 0 atom stereocenters. The van der Waals surface area contributed by atoms with E-state index in [1.165, 1.54) is 33.0 Å². The molecule has 136 valence electrons. The Labute approximate surface area is 150 Å². The average molecular weight is 377 g/mol. The maximum atomic E-state index is 12.6. The minimum absolute atomic E-state index is 0.0718. The fourth-order valence-corrected chi connectivity index (χ4v) is 3.53. The standard InChI is InChI=1S/C16H15N3O6S/c1-2-25-16(24)12-13(22)15(23)19(10-3-4-26-14(10)12)7-9-5-17-18(6-9)8-11(20)21/h3-6,22H,2,7-8H2,1H3,(H,20,21). The lowest BCUT2D eigenvalue weighted by Crippen LogP contribution is -2.23. The Balaban J connectivity index is 2.06. The van der Waals surface area contributed by atoms with Gasteiger partial charge in [-0.15, -0.1) is 11.3 Å². The number of nitrogens with zero attached hydrogens (tertiary/aromatic N) is 3. The molecule has 3 aromatic heterocycles. The Morgan fingerprint density at radius 2 is 2.15 bits per heavy atom. The van der Waals surface area contributed by atoms with E-state index in [9.17, 15) is 19.5 Å². The first-order chi connectivity index (χ1) is 12.4. The molecule has 3 aromatic rings. The van der Waals surface area contributed by atoms with E-state index in [0.717, 1.165) is 0 Å². The normalized spacial score (nSPS) is 11.0. The monoisotopic (exact) mass is 377 g/mol. The van der Waals surface area contributed by atoms with Crippen molar-refractivity contribution in [1.29, 1.82) is 0 Å². The number of pyridine rings is 1. The van der Waals surface area contributed by atoms with Crippen molar-refractivity contribution >= 4 is 33.5 Å². The van der Waals surface area contributed by atoms with Crippen molar-refractivity contribution in [3.63, 3.8) is 0 Å². The van der Waals surface area contributed by atoms with Gasteiger partial charge in [0, 0.05) is 11.8 Å². The molecule has 0 spiro atoms. The van der Waals surface area contributed by atoms with E-state index in [-0.39, 0.29) is 25.3 Å². The zero-order valence-corrected chi connectivity index (χ0v) is 14.5. The number of aliphatic carboxylic acids is 1. The van der Waals surface area contributed by atoms with Gasteiger partial charge in [-0.05, 0) is 18.4 Å². The number of aromatic hydroxyl groups is 1. The fraction of sp³-hybridized carbons (Fsp3) is 0.250. The molecule has 3 heterocycles. The van der Waals surface area contributed by atoms with Crippen LogP contribution in [0, 0.1) is 0 Å². The minimum atomic E-state index is -1.03. The highest BCUT2D eigenvalue weighted by molar-refractivity contribution is 7.17. The number of thiophene rings is 1. The molecule has 0 aliphatic heterocycles. The van der Waals surface area contributed by atoms with E-state index >= 15 is 0 Å². The SMILES string of the molecule is CCOC(=O)c1c(O)c(=O)n(Cc2cnn(CC(=O)O)c2)c2ccsc12. The number of hydrogen-bond donors (Lipinski definition) is 2. The molecule has 0 saturated carbocycles. The summed E-state index contributed by atoms with van der Waals surface area (Å²) in [5.74, 6) is -2.46. The van der Waals surface area contributed by atoms with Gasteiger partial charge in [0.15, 0.2) is 5.75 Å². The summed E-state index contributed by atoms with van der Waals surface area (Å²) in [5.41, 5.74) is 0.195. The Morgan fingerprint density at radius 3 is 2.85 bits per heavy atom. The molecule has 0 amide bonds. The molecule has 0 aromatic carbocycles. The van der Waals surface area contributed by atoms with E-state index in [4.69, 9.17) is 9.84 Å². The Bertz CT molecular complexity index is 1050. The van der Waals surface area contributed by atoms with Crippen molar-refractivity contribution in [2.45, 2.75) is 20.0 Å². The average Bonchev–Trinajstić information content (AvgIpc) is 3.21. The number of hydrogen-bond acceptors (Lipinski definition) is 7. The molecule has 0 aliphatic rings. The highest BCUT2D eigenvalue weighted by atomic mass is 32.1. The van der Waals surface area contributed by atoms with Crippen molar-refractivity contribution in [2.24, 2.45) is 0 Å². The van der Waals surface area contributed by atoms with E-state index in [1.54, 1.807) is 18.4 Å². The summed E-state index contributed by atoms with van der Waals surface area (Å²) in [6.07, 6.45) is 2.96. The zero-order chi connectivity index (χ0) is 18.8. The van der Waals surface area contributed by atoms with Gasteiger partial charge in [-0.25, -0.2) is 4.79 Å². The number of aromatic nitrogens is 3. The van der Waals surface area contributed by atoms with Gasteiger partial charge in [-0.1, -0.05) is 0 Å². The van der Waals surface area contributed by atoms with Crippen LogP contribution in [0.4, 0.5) is 0 Å². The third-order valence-corrected chi connectivity index (χ3v) is 4.57. The maximum absolute atomic E-state index is 12.6. The van der Waals surface area contributed by atoms with Gasteiger partial charge in [0.2, 0.25) is 0 Å². The van der Waals surface area contributed by atoms with Crippen molar-refractivity contribution in [3.8, 4) is 5.75 Å². The van der Waals surface area contributed by atoms with Crippen LogP contribution in [0.2, 0.25) is 0 Å². The zero-order valence-electron chi connectivity index (χ0n) is 13.7. The molecule has 0 saturated heterocycles. The topological polar surface area (TPSA) is 124 Å². The maximum Gasteiger partial charge on any atom is 0.343 e. The number of carbonyl (C=O) groups is 2. The van der Waals surface area contributed by atoms with Crippen molar-refractivity contribution in [1.82, 2.24) is 14.3 Å². The lowest BCUT2D eigenvalue weighted by Gasteiger charge is -2.11. The van der Waals surface area contributed by atoms with Gasteiger partial charge in [-0.2, -0.15) is 5.10 Å². The largest absolute Gasteiger partial charge is 0.502 e. The molecule has 0 unspecified atom stereocenters. The van der Waals surface area contributed by atoms with E-state index in [0.29, 0.717) is 15.8 Å². The first-order valence-electron chi connectivity index (χ1n) is 7.65. The second kappa shape index (κ2) is 7.00. The van der Waals surface area contributed by atoms with Crippen LogP contribution in [0.3, 0.4) is 0 Å². The van der Waals surface area contributed by atoms with Gasteiger partial charge in [-0.3, -0.25) is 18.8 Å². The molecule has 3 rings (SSSR count). The molecule has 26 heavy (non-hydrogen) atoms. The van der Waals surface area contributed by atoms with E-state index in [1.807, 2.05) is 0 Å². The minimum Gasteiger partial charge on any atom is -0.502 e. The van der Waals surface area contributed by atoms with Crippen molar-refractivity contribution < 1.29 is 24.5 Å². The summed E-state index contributed by atoms with van der Waals surface area (Å²) in [4.78, 5) is 35.4. The first kappa shape index (κ1) is 17.7. The van der Waals surface area contributed by atoms with Crippen LogP contribution in [0.5, 0.6) is 5.75 Å². The van der Waals surface area contributed by atoms with Gasteiger partial charge in [0.1, 0.15) is 12.1 Å². The van der Waals surface area contributed by atoms with Crippen molar-refractivity contribution in [3.05, 3.63) is 45.3 Å². The van der Waals surface area contributed by atoms with Crippen molar-refractivity contribution in [2.75, 3.05) is 6.61 Å². The molecule has 9 nitrogen and oxygen atoms in total. The smallest absolute Gasteiger partial charge is 0.343 e. The number of carboxylic acids is 1. The third-order valence-electron chi connectivity index (χ3n) is 3.65. The Kier molecular flexibility index (Phi) is 4.76. The highest BCUT2D eigenvalue weighted by Gasteiger charge is 2.24. The lowest BCUT2D eigenvalue weighted by molar-refractivity contribution is -0.137. The van der Waals surface area contributed by atoms with Crippen LogP contribution >= 0.6 is 11.3 Å². The molecule has 2 N–H and O–H groups in total. The Morgan fingerprint density at radius 1 is 1.38 bits per heavy atom. The van der Waals surface area contributed by atoms with Gasteiger partial charge in [0.05, 0.1) is 29.6 Å². The number of ether oxygens (including phenoxy) is 1. The number of carboxylic acid groups (broad SMARTS) is 1. The summed E-state index contributed by atoms with van der Waals surface area (Å²) >= 11 is 1.21. The summed E-state index contributed by atoms with van der Waals surface area (Å²) < 4.78 is 7.92. The molecule has 0 bridgehead atoms. The predicted octanol–water partition coefficient (Wildman–Crippen LogP) is 1.27. The second-order valence-corrected chi connectivity index (χ2v) is 6.33. The molecule has 0 fully saturated rings. The number of fused-ring (bicyclic) bond motifs is 1. The molecule has 10 heteroatoms. The van der Waals surface area contributed by atoms with Crippen LogP contribution in [0.1, 0.15) is 22.8 Å². The summed E-state index contributed by atoms with van der Waals surface area (Å²) in [6.45, 7) is 1.53. The van der Waals surface area contributed by atoms with Crippen LogP contribution in [-0.4, -0.2) is 43.1 Å². The van der Waals surface area contributed by atoms with Gasteiger partial charge < -0.3 is 14.9 Å². The highest BCUT2D eigenvalue weighted by Crippen LogP contribution is 2.29. The third kappa shape index (κ3) is 3.18. The summed E-state index contributed by atoms with van der Waals surface area (Å²) in [6, 6.07) is 1.67. The second-order valence-electron chi connectivity index (χ2n) is 5.41. The van der Waals surface area contributed by atoms with Crippen LogP contribution in [0.25, 0.3) is 10.2 Å². The van der Waals surface area contributed by atoms with Gasteiger partial charge in [0.25, 0.3) is 5.56 Å². The van der Waals surface area contributed by atoms with Crippen LogP contribution in [0.15, 0.2) is 28.6 Å². The van der Waals surface area contributed by atoms with Gasteiger partial charge >= 0.3 is 11.9 Å². The Hall–Kier alpha value is -3.14. The van der Waals surface area contributed by atoms with Crippen LogP contribution in [-0.2, 0) is 22.6 Å². The first-order valence-corrected chi connectivity index (χ1v) is 8.53. The predicted molar refractivity (Wildman–Crippen MR) is 92.7 cm³/mol. The quantitative estimate of drug-likeness (QED) is 0.620. The number of carbonyl (C=O) groups excluding carboxylic acids is 1. The summed E-state index contributed by atoms with van der Waals surface area (Å²) in [5, 5.41) is 24.7. The van der Waals surface area contributed by atoms with E-state index < -0.39 is 23.2 Å². The fourth-order valence-electron chi connectivity index (χ4n) is 2.60. The number of rotatable bonds is 6. The molecular formula is C16H15N3O6S. The molecule has 0 radical (unpaired) electrons. The van der Waals surface area contributed by atoms with Crippen LogP contribution < -0.4 is 5.56 Å². The molecule has 0 aliphatic carbocycles. The molecular weight excluding hydrogens is 362 g/mol.